The average molecular weight is 413 g/mol. The van der Waals surface area contributed by atoms with Crippen LogP contribution in [0, 0.1) is 0 Å². The number of anilines is 1. The first kappa shape index (κ1) is 20.1. The Labute approximate surface area is 173 Å². The van der Waals surface area contributed by atoms with Gasteiger partial charge in [-0.15, -0.1) is 0 Å². The summed E-state index contributed by atoms with van der Waals surface area (Å²) < 4.78 is 27.7. The number of carbonyl (C=O) groups excluding carboxylic acids is 1. The minimum absolute atomic E-state index is 0.0122. The second-order valence-corrected chi connectivity index (χ2v) is 9.91. The lowest BCUT2D eigenvalue weighted by molar-refractivity contribution is -0.118. The lowest BCUT2D eigenvalue weighted by Crippen LogP contribution is -2.35. The molecule has 0 radical (unpaired) electrons. The highest BCUT2D eigenvalue weighted by atomic mass is 32.2. The van der Waals surface area contributed by atoms with Crippen molar-refractivity contribution in [1.29, 1.82) is 0 Å². The molecule has 0 bridgehead atoms. The van der Waals surface area contributed by atoms with Crippen molar-refractivity contribution in [2.24, 2.45) is 0 Å². The summed E-state index contributed by atoms with van der Waals surface area (Å²) in [6.07, 6.45) is 4.62. The van der Waals surface area contributed by atoms with Crippen molar-refractivity contribution in [2.45, 2.75) is 57.2 Å². The summed E-state index contributed by atoms with van der Waals surface area (Å²) in [5.41, 5.74) is 5.11. The summed E-state index contributed by atoms with van der Waals surface area (Å²) >= 11 is 0. The molecule has 0 atom stereocenters. The van der Waals surface area contributed by atoms with Crippen molar-refractivity contribution in [2.75, 3.05) is 11.4 Å². The zero-order valence-corrected chi connectivity index (χ0v) is 17.7. The van der Waals surface area contributed by atoms with Crippen LogP contribution >= 0.6 is 0 Å². The highest BCUT2D eigenvalue weighted by molar-refractivity contribution is 7.88. The second kappa shape index (κ2) is 8.28. The number of rotatable bonds is 8. The normalized spacial score (nSPS) is 16.7. The standard InChI is InChI=1S/C23H28N2O3S/c1-2-13-25-22-11-5-18(14-21(22)10-12-23(25)26)15-24-29(27,28)16-17-3-6-19(7-4-17)20-8-9-20/h3-7,11,14,20,24H,2,8-10,12-13,15-16H2,1H3. The van der Waals surface area contributed by atoms with Crippen molar-refractivity contribution < 1.29 is 13.2 Å². The predicted octanol–water partition coefficient (Wildman–Crippen LogP) is 3.87. The fourth-order valence-corrected chi connectivity index (χ4v) is 5.08. The third kappa shape index (κ3) is 4.87. The van der Waals surface area contributed by atoms with Gasteiger partial charge in [0.1, 0.15) is 0 Å². The van der Waals surface area contributed by atoms with Gasteiger partial charge >= 0.3 is 0 Å². The van der Waals surface area contributed by atoms with Crippen LogP contribution in [0.4, 0.5) is 5.69 Å². The highest BCUT2D eigenvalue weighted by Crippen LogP contribution is 2.39. The summed E-state index contributed by atoms with van der Waals surface area (Å²) in [5.74, 6) is 0.827. The molecule has 0 saturated heterocycles. The van der Waals surface area contributed by atoms with E-state index in [0.717, 1.165) is 35.3 Å². The molecule has 6 heteroatoms. The van der Waals surface area contributed by atoms with Gasteiger partial charge in [0.15, 0.2) is 0 Å². The molecule has 2 aromatic rings. The lowest BCUT2D eigenvalue weighted by atomic mass is 9.98. The monoisotopic (exact) mass is 412 g/mol. The fourth-order valence-electron chi connectivity index (χ4n) is 3.96. The molecule has 2 aliphatic rings. The Balaban J connectivity index is 1.39. The lowest BCUT2D eigenvalue weighted by Gasteiger charge is -2.29. The van der Waals surface area contributed by atoms with E-state index in [1.165, 1.54) is 18.4 Å². The minimum Gasteiger partial charge on any atom is -0.312 e. The topological polar surface area (TPSA) is 66.5 Å². The van der Waals surface area contributed by atoms with Gasteiger partial charge in [0, 0.05) is 25.2 Å². The maximum absolute atomic E-state index is 12.5. The fraction of sp³-hybridized carbons (Fsp3) is 0.435. The van der Waals surface area contributed by atoms with E-state index in [1.54, 1.807) is 0 Å². The van der Waals surface area contributed by atoms with Crippen LogP contribution in [-0.2, 0) is 33.5 Å². The molecule has 0 aromatic heterocycles. The van der Waals surface area contributed by atoms with Crippen LogP contribution in [0.15, 0.2) is 42.5 Å². The number of amides is 1. The molecular weight excluding hydrogens is 384 g/mol. The van der Waals surface area contributed by atoms with Crippen LogP contribution in [0.1, 0.15) is 60.8 Å². The van der Waals surface area contributed by atoms with Crippen LogP contribution in [0.3, 0.4) is 0 Å². The molecule has 1 saturated carbocycles. The third-order valence-electron chi connectivity index (χ3n) is 5.67. The van der Waals surface area contributed by atoms with Gasteiger partial charge in [-0.05, 0) is 59.9 Å². The Morgan fingerprint density at radius 1 is 1.03 bits per heavy atom. The molecule has 1 amide bonds. The second-order valence-electron chi connectivity index (χ2n) is 8.10. The molecule has 1 fully saturated rings. The predicted molar refractivity (Wildman–Crippen MR) is 115 cm³/mol. The first-order valence-electron chi connectivity index (χ1n) is 10.4. The van der Waals surface area contributed by atoms with Gasteiger partial charge < -0.3 is 4.90 Å². The number of nitrogens with one attached hydrogen (secondary N) is 1. The molecular formula is C23H28N2O3S. The van der Waals surface area contributed by atoms with Gasteiger partial charge in [-0.25, -0.2) is 13.1 Å². The van der Waals surface area contributed by atoms with Crippen molar-refractivity contribution >= 4 is 21.6 Å². The summed E-state index contributed by atoms with van der Waals surface area (Å²) in [6.45, 7) is 3.04. The molecule has 1 N–H and O–H groups in total. The van der Waals surface area contributed by atoms with Crippen molar-refractivity contribution in [3.8, 4) is 0 Å². The largest absolute Gasteiger partial charge is 0.312 e. The number of benzene rings is 2. The third-order valence-corrected chi connectivity index (χ3v) is 6.97. The number of nitrogens with zero attached hydrogens (tertiary/aromatic N) is 1. The van der Waals surface area contributed by atoms with Gasteiger partial charge in [-0.2, -0.15) is 0 Å². The molecule has 1 heterocycles. The smallest absolute Gasteiger partial charge is 0.227 e. The zero-order valence-electron chi connectivity index (χ0n) is 16.9. The number of aryl methyl sites for hydroxylation is 1. The number of fused-ring (bicyclic) bond motifs is 1. The molecule has 1 aliphatic carbocycles. The molecule has 4 rings (SSSR count). The van der Waals surface area contributed by atoms with Crippen LogP contribution in [0.25, 0.3) is 0 Å². The van der Waals surface area contributed by atoms with Gasteiger partial charge in [0.05, 0.1) is 5.75 Å². The van der Waals surface area contributed by atoms with E-state index in [9.17, 15) is 13.2 Å². The average Bonchev–Trinajstić information content (AvgIpc) is 3.54. The quantitative estimate of drug-likeness (QED) is 0.716. The molecule has 2 aromatic carbocycles. The Kier molecular flexibility index (Phi) is 5.74. The molecule has 154 valence electrons. The Hall–Kier alpha value is -2.18. The van der Waals surface area contributed by atoms with Crippen LogP contribution in [0.5, 0.6) is 0 Å². The van der Waals surface area contributed by atoms with E-state index in [4.69, 9.17) is 0 Å². The van der Waals surface area contributed by atoms with E-state index in [-0.39, 0.29) is 18.2 Å². The number of carbonyl (C=O) groups is 1. The number of sulfonamides is 1. The number of hydrogen-bond donors (Lipinski definition) is 1. The van der Waals surface area contributed by atoms with Crippen LogP contribution in [-0.4, -0.2) is 20.9 Å². The van der Waals surface area contributed by atoms with E-state index < -0.39 is 10.0 Å². The van der Waals surface area contributed by atoms with Crippen LogP contribution < -0.4 is 9.62 Å². The SMILES string of the molecule is CCCN1C(=O)CCc2cc(CNS(=O)(=O)Cc3ccc(C4CC4)cc3)ccc21. The first-order valence-corrected chi connectivity index (χ1v) is 12.1. The van der Waals surface area contributed by atoms with E-state index in [2.05, 4.69) is 23.8 Å². The number of hydrogen-bond acceptors (Lipinski definition) is 3. The summed E-state index contributed by atoms with van der Waals surface area (Å²) in [7, 11) is -3.41. The minimum atomic E-state index is -3.41. The van der Waals surface area contributed by atoms with Crippen LogP contribution in [0.2, 0.25) is 0 Å². The maximum atomic E-state index is 12.5. The molecule has 5 nitrogen and oxygen atoms in total. The van der Waals surface area contributed by atoms with Gasteiger partial charge in [0.25, 0.3) is 0 Å². The molecule has 1 aliphatic heterocycles. The van der Waals surface area contributed by atoms with Gasteiger partial charge in [-0.3, -0.25) is 4.79 Å². The first-order chi connectivity index (χ1) is 13.9. The highest BCUT2D eigenvalue weighted by Gasteiger charge is 2.24. The zero-order chi connectivity index (χ0) is 20.4. The summed E-state index contributed by atoms with van der Waals surface area (Å²) in [4.78, 5) is 14.0. The van der Waals surface area contributed by atoms with Crippen molar-refractivity contribution in [3.05, 3.63) is 64.7 Å². The Morgan fingerprint density at radius 3 is 2.45 bits per heavy atom. The molecule has 0 spiro atoms. The summed E-state index contributed by atoms with van der Waals surface area (Å²) in [5, 5.41) is 0. The molecule has 0 unspecified atom stereocenters. The maximum Gasteiger partial charge on any atom is 0.227 e. The summed E-state index contributed by atoms with van der Waals surface area (Å²) in [6, 6.07) is 13.8. The van der Waals surface area contributed by atoms with E-state index >= 15 is 0 Å². The Morgan fingerprint density at radius 2 is 1.76 bits per heavy atom. The van der Waals surface area contributed by atoms with Crippen molar-refractivity contribution in [1.82, 2.24) is 4.72 Å². The van der Waals surface area contributed by atoms with E-state index in [1.807, 2.05) is 35.2 Å². The Bertz CT molecular complexity index is 995. The van der Waals surface area contributed by atoms with Gasteiger partial charge in [-0.1, -0.05) is 43.3 Å². The van der Waals surface area contributed by atoms with Gasteiger partial charge in [0.2, 0.25) is 15.9 Å². The van der Waals surface area contributed by atoms with E-state index in [0.29, 0.717) is 18.8 Å². The van der Waals surface area contributed by atoms with Crippen molar-refractivity contribution in [3.63, 3.8) is 0 Å². The molecule has 29 heavy (non-hydrogen) atoms.